The molecule has 156 valence electrons. The van der Waals surface area contributed by atoms with E-state index in [4.69, 9.17) is 4.42 Å². The number of guanidine groups is 1. The fourth-order valence-corrected chi connectivity index (χ4v) is 3.33. The monoisotopic (exact) mass is 519 g/mol. The van der Waals surface area contributed by atoms with E-state index in [1.807, 2.05) is 37.3 Å². The van der Waals surface area contributed by atoms with Crippen LogP contribution in [-0.2, 0) is 22.7 Å². The van der Waals surface area contributed by atoms with Crippen molar-refractivity contribution in [2.45, 2.75) is 32.2 Å². The van der Waals surface area contributed by atoms with E-state index in [0.29, 0.717) is 18.9 Å². The van der Waals surface area contributed by atoms with Gasteiger partial charge in [-0.15, -0.1) is 24.0 Å². The SMILES string of the molecule is CC(CCS(C)(=O)=O)NC(=NCCc1ccco1)NCCc1ccccc1.I. The zero-order chi connectivity index (χ0) is 19.5. The molecule has 1 aromatic heterocycles. The van der Waals surface area contributed by atoms with Crippen LogP contribution in [0.3, 0.4) is 0 Å². The summed E-state index contributed by atoms with van der Waals surface area (Å²) in [6.45, 7) is 3.30. The Labute approximate surface area is 185 Å². The quantitative estimate of drug-likeness (QED) is 0.287. The van der Waals surface area contributed by atoms with E-state index in [9.17, 15) is 8.42 Å². The Bertz CT molecular complexity index is 793. The third kappa shape index (κ3) is 10.7. The number of nitrogens with one attached hydrogen (secondary N) is 2. The number of benzene rings is 1. The van der Waals surface area contributed by atoms with Gasteiger partial charge >= 0.3 is 0 Å². The molecule has 2 rings (SSSR count). The van der Waals surface area contributed by atoms with Crippen LogP contribution in [0.25, 0.3) is 0 Å². The molecule has 0 saturated carbocycles. The molecule has 0 fully saturated rings. The summed E-state index contributed by atoms with van der Waals surface area (Å²) in [5.74, 6) is 1.75. The summed E-state index contributed by atoms with van der Waals surface area (Å²) in [6.07, 6.45) is 5.06. The van der Waals surface area contributed by atoms with E-state index in [1.54, 1.807) is 6.26 Å². The van der Waals surface area contributed by atoms with Crippen molar-refractivity contribution in [1.29, 1.82) is 0 Å². The number of rotatable bonds is 10. The van der Waals surface area contributed by atoms with Crippen LogP contribution < -0.4 is 10.6 Å². The highest BCUT2D eigenvalue weighted by atomic mass is 127. The van der Waals surface area contributed by atoms with Gasteiger partial charge in [0.05, 0.1) is 12.0 Å². The van der Waals surface area contributed by atoms with Gasteiger partial charge < -0.3 is 15.1 Å². The molecule has 28 heavy (non-hydrogen) atoms. The summed E-state index contributed by atoms with van der Waals surface area (Å²) in [4.78, 5) is 4.60. The van der Waals surface area contributed by atoms with Gasteiger partial charge in [-0.25, -0.2) is 8.42 Å². The second kappa shape index (κ2) is 12.8. The first kappa shape index (κ1) is 24.5. The number of hydrogen-bond donors (Lipinski definition) is 2. The molecular formula is C20H30IN3O3S. The molecule has 0 amide bonds. The van der Waals surface area contributed by atoms with Crippen molar-refractivity contribution in [3.8, 4) is 0 Å². The molecule has 1 heterocycles. The smallest absolute Gasteiger partial charge is 0.191 e. The topological polar surface area (TPSA) is 83.7 Å². The summed E-state index contributed by atoms with van der Waals surface area (Å²) < 4.78 is 28.1. The fraction of sp³-hybridized carbons (Fsp3) is 0.450. The largest absolute Gasteiger partial charge is 0.469 e. The van der Waals surface area contributed by atoms with Gasteiger partial charge in [-0.3, -0.25) is 4.99 Å². The first-order valence-corrected chi connectivity index (χ1v) is 11.3. The van der Waals surface area contributed by atoms with Gasteiger partial charge in [0.1, 0.15) is 15.6 Å². The normalized spacial score (nSPS) is 12.9. The van der Waals surface area contributed by atoms with E-state index < -0.39 is 9.84 Å². The van der Waals surface area contributed by atoms with Crippen LogP contribution in [0.1, 0.15) is 24.7 Å². The number of halogens is 1. The lowest BCUT2D eigenvalue weighted by atomic mass is 10.1. The van der Waals surface area contributed by atoms with E-state index in [0.717, 1.165) is 25.1 Å². The van der Waals surface area contributed by atoms with Crippen molar-refractivity contribution in [3.63, 3.8) is 0 Å². The standard InChI is InChI=1S/C20H29N3O3S.HI/c1-17(12-16-27(2,24)25)23-20(22-14-11-19-9-6-15-26-19)21-13-10-18-7-4-3-5-8-18;/h3-9,15,17H,10-14,16H2,1-2H3,(H2,21,22,23);1H. The van der Waals surface area contributed by atoms with Crippen molar-refractivity contribution in [2.24, 2.45) is 4.99 Å². The van der Waals surface area contributed by atoms with E-state index in [1.165, 1.54) is 11.8 Å². The molecule has 0 radical (unpaired) electrons. The summed E-state index contributed by atoms with van der Waals surface area (Å²) >= 11 is 0. The van der Waals surface area contributed by atoms with E-state index >= 15 is 0 Å². The predicted octanol–water partition coefficient (Wildman–Crippen LogP) is 3.04. The Balaban J connectivity index is 0.00000392. The van der Waals surface area contributed by atoms with Gasteiger partial charge in [0.25, 0.3) is 0 Å². The molecule has 6 nitrogen and oxygen atoms in total. The second-order valence-electron chi connectivity index (χ2n) is 6.69. The molecule has 0 aliphatic rings. The van der Waals surface area contributed by atoms with Crippen LogP contribution in [-0.4, -0.2) is 45.5 Å². The van der Waals surface area contributed by atoms with Crippen molar-refractivity contribution in [2.75, 3.05) is 25.1 Å². The van der Waals surface area contributed by atoms with Crippen molar-refractivity contribution in [3.05, 3.63) is 60.1 Å². The Hall–Kier alpha value is -1.55. The maximum Gasteiger partial charge on any atom is 0.191 e. The molecule has 1 atom stereocenters. The molecule has 8 heteroatoms. The van der Waals surface area contributed by atoms with Gasteiger partial charge in [0, 0.05) is 31.8 Å². The highest BCUT2D eigenvalue weighted by Crippen LogP contribution is 2.02. The zero-order valence-electron chi connectivity index (χ0n) is 16.4. The Morgan fingerprint density at radius 3 is 2.54 bits per heavy atom. The summed E-state index contributed by atoms with van der Waals surface area (Å²) in [5.41, 5.74) is 1.25. The van der Waals surface area contributed by atoms with Crippen LogP contribution >= 0.6 is 24.0 Å². The van der Waals surface area contributed by atoms with Gasteiger partial charge in [-0.1, -0.05) is 30.3 Å². The van der Waals surface area contributed by atoms with Gasteiger partial charge in [0.2, 0.25) is 0 Å². The first-order chi connectivity index (χ1) is 12.9. The third-order valence-corrected chi connectivity index (χ3v) is 5.04. The van der Waals surface area contributed by atoms with Crippen molar-refractivity contribution in [1.82, 2.24) is 10.6 Å². The molecule has 1 unspecified atom stereocenters. The summed E-state index contributed by atoms with van der Waals surface area (Å²) in [7, 11) is -2.97. The minimum absolute atomic E-state index is 0. The molecule has 2 aromatic rings. The highest BCUT2D eigenvalue weighted by Gasteiger charge is 2.10. The minimum Gasteiger partial charge on any atom is -0.469 e. The lowest BCUT2D eigenvalue weighted by molar-refractivity contribution is 0.510. The van der Waals surface area contributed by atoms with Crippen molar-refractivity contribution < 1.29 is 12.8 Å². The minimum atomic E-state index is -2.97. The van der Waals surface area contributed by atoms with Crippen LogP contribution in [0.15, 0.2) is 58.1 Å². The van der Waals surface area contributed by atoms with Crippen molar-refractivity contribution >= 4 is 39.8 Å². The molecular weight excluding hydrogens is 489 g/mol. The number of aliphatic imine (C=N–C) groups is 1. The lowest BCUT2D eigenvalue weighted by Gasteiger charge is -2.18. The average Bonchev–Trinajstić information content (AvgIpc) is 3.13. The Morgan fingerprint density at radius 2 is 1.89 bits per heavy atom. The van der Waals surface area contributed by atoms with Crippen LogP contribution in [0.4, 0.5) is 0 Å². The average molecular weight is 519 g/mol. The third-order valence-electron chi connectivity index (χ3n) is 4.06. The first-order valence-electron chi connectivity index (χ1n) is 9.21. The number of hydrogen-bond acceptors (Lipinski definition) is 4. The molecule has 0 bridgehead atoms. The second-order valence-corrected chi connectivity index (χ2v) is 8.95. The number of nitrogens with zero attached hydrogens (tertiary/aromatic N) is 1. The Morgan fingerprint density at radius 1 is 1.14 bits per heavy atom. The molecule has 0 saturated heterocycles. The Kier molecular flexibility index (Phi) is 11.2. The summed E-state index contributed by atoms with van der Waals surface area (Å²) in [6, 6.07) is 14.0. The van der Waals surface area contributed by atoms with Crippen LogP contribution in [0.2, 0.25) is 0 Å². The van der Waals surface area contributed by atoms with E-state index in [2.05, 4.69) is 27.8 Å². The summed E-state index contributed by atoms with van der Waals surface area (Å²) in [5, 5.41) is 6.63. The fourth-order valence-electron chi connectivity index (χ4n) is 2.55. The molecule has 1 aromatic carbocycles. The number of sulfone groups is 1. The van der Waals surface area contributed by atoms with E-state index in [-0.39, 0.29) is 35.8 Å². The van der Waals surface area contributed by atoms with Crippen LogP contribution in [0.5, 0.6) is 0 Å². The maximum atomic E-state index is 11.4. The molecule has 0 spiro atoms. The molecule has 0 aliphatic heterocycles. The van der Waals surface area contributed by atoms with Gasteiger partial charge in [-0.2, -0.15) is 0 Å². The zero-order valence-corrected chi connectivity index (χ0v) is 19.6. The predicted molar refractivity (Wildman–Crippen MR) is 125 cm³/mol. The van der Waals surface area contributed by atoms with Gasteiger partial charge in [-0.05, 0) is 37.5 Å². The van der Waals surface area contributed by atoms with Crippen LogP contribution in [0, 0.1) is 0 Å². The highest BCUT2D eigenvalue weighted by molar-refractivity contribution is 14.0. The maximum absolute atomic E-state index is 11.4. The molecule has 0 aliphatic carbocycles. The van der Waals surface area contributed by atoms with Gasteiger partial charge in [0.15, 0.2) is 5.96 Å². The molecule has 2 N–H and O–H groups in total. The lowest BCUT2D eigenvalue weighted by Crippen LogP contribution is -2.43. The number of furan rings is 1.